The summed E-state index contributed by atoms with van der Waals surface area (Å²) >= 11 is 0. The van der Waals surface area contributed by atoms with Gasteiger partial charge in [0.05, 0.1) is 0 Å². The van der Waals surface area contributed by atoms with Gasteiger partial charge < -0.3 is 4.79 Å². The molecule has 1 heteroatoms. The lowest BCUT2D eigenvalue weighted by Crippen LogP contribution is -2.05. The van der Waals surface area contributed by atoms with Gasteiger partial charge in [0.1, 0.15) is 6.29 Å². The molecule has 0 radical (unpaired) electrons. The predicted molar refractivity (Wildman–Crippen MR) is 106 cm³/mol. The van der Waals surface area contributed by atoms with Gasteiger partial charge in [-0.15, -0.1) is 0 Å². The molecular weight excluding hydrogens is 292 g/mol. The summed E-state index contributed by atoms with van der Waals surface area (Å²) in [5.41, 5.74) is -0.00434. The van der Waals surface area contributed by atoms with E-state index in [1.165, 1.54) is 0 Å². The second kappa shape index (κ2) is 12.8. The van der Waals surface area contributed by atoms with Crippen LogP contribution < -0.4 is 0 Å². The van der Waals surface area contributed by atoms with Crippen LogP contribution in [0.5, 0.6) is 0 Å². The van der Waals surface area contributed by atoms with Gasteiger partial charge in [-0.05, 0) is 51.9 Å². The molecule has 0 aliphatic heterocycles. The molecule has 0 N–H and O–H groups in total. The molecule has 0 bridgehead atoms. The maximum atomic E-state index is 10.8. The topological polar surface area (TPSA) is 17.1 Å². The molecule has 1 nitrogen and oxygen atoms in total. The van der Waals surface area contributed by atoms with Crippen LogP contribution in [0, 0.1) is 11.3 Å². The molecule has 0 aromatic carbocycles. The van der Waals surface area contributed by atoms with E-state index in [9.17, 15) is 4.79 Å². The summed E-state index contributed by atoms with van der Waals surface area (Å²) in [5, 5.41) is 0. The number of aldehydes is 1. The van der Waals surface area contributed by atoms with Crippen LogP contribution in [-0.4, -0.2) is 6.29 Å². The minimum Gasteiger partial charge on any atom is -0.303 e. The second-order valence-corrected chi connectivity index (χ2v) is 6.81. The van der Waals surface area contributed by atoms with Gasteiger partial charge in [-0.2, -0.15) is 0 Å². The number of hydrogen-bond acceptors (Lipinski definition) is 1. The highest BCUT2D eigenvalue weighted by atomic mass is 16.1. The van der Waals surface area contributed by atoms with Crippen molar-refractivity contribution in [2.75, 3.05) is 0 Å². The van der Waals surface area contributed by atoms with Crippen LogP contribution in [0.15, 0.2) is 60.8 Å². The van der Waals surface area contributed by atoms with E-state index in [1.54, 1.807) is 0 Å². The van der Waals surface area contributed by atoms with Gasteiger partial charge in [-0.1, -0.05) is 74.1 Å². The summed E-state index contributed by atoms with van der Waals surface area (Å²) < 4.78 is 0. The highest BCUT2D eigenvalue weighted by Gasteiger charge is 2.11. The molecule has 1 unspecified atom stereocenters. The average Bonchev–Trinajstić information content (AvgIpc) is 2.58. The van der Waals surface area contributed by atoms with Crippen LogP contribution in [0.1, 0.15) is 65.2 Å². The number of rotatable bonds is 8. The van der Waals surface area contributed by atoms with E-state index in [0.29, 0.717) is 0 Å². The molecule has 0 amide bonds. The molecule has 0 aromatic rings. The fraction of sp³-hybridized carbons (Fsp3) is 0.522. The molecule has 132 valence electrons. The zero-order valence-corrected chi connectivity index (χ0v) is 15.5. The molecule has 1 rings (SSSR count). The predicted octanol–water partition coefficient (Wildman–Crippen LogP) is 6.74. The molecule has 0 aromatic heterocycles. The Morgan fingerprint density at radius 1 is 0.958 bits per heavy atom. The third-order valence-corrected chi connectivity index (χ3v) is 4.49. The van der Waals surface area contributed by atoms with E-state index in [-0.39, 0.29) is 11.3 Å². The third-order valence-electron chi connectivity index (χ3n) is 4.49. The third kappa shape index (κ3) is 9.50. The Bertz CT molecular complexity index is 452. The standard InChI is InChI=1S/C23H34O/c1-3-22(21-24)17-13-9-12-16-20-23(2)18-14-10-7-5-4-6-8-11-15-19-23/h5-8,14-16,18-22H,3-4,9-13,17H2,1-2H3/b7-5-,8-6-,18-14-,19-15-,20-16-. The van der Waals surface area contributed by atoms with Crippen LogP contribution in [0.3, 0.4) is 0 Å². The maximum absolute atomic E-state index is 10.8. The Morgan fingerprint density at radius 2 is 1.54 bits per heavy atom. The van der Waals surface area contributed by atoms with Crippen molar-refractivity contribution < 1.29 is 4.79 Å². The van der Waals surface area contributed by atoms with Crippen molar-refractivity contribution in [3.8, 4) is 0 Å². The highest BCUT2D eigenvalue weighted by Crippen LogP contribution is 2.24. The fourth-order valence-electron chi connectivity index (χ4n) is 2.81. The van der Waals surface area contributed by atoms with Crippen molar-refractivity contribution in [2.45, 2.75) is 65.2 Å². The Morgan fingerprint density at radius 3 is 2.08 bits per heavy atom. The Balaban J connectivity index is 2.49. The van der Waals surface area contributed by atoms with Crippen molar-refractivity contribution in [2.24, 2.45) is 11.3 Å². The van der Waals surface area contributed by atoms with Gasteiger partial charge in [0.2, 0.25) is 0 Å². The molecule has 1 atom stereocenters. The first-order valence-electron chi connectivity index (χ1n) is 9.48. The van der Waals surface area contributed by atoms with Gasteiger partial charge in [0.15, 0.2) is 0 Å². The zero-order chi connectivity index (χ0) is 17.5. The molecule has 0 saturated carbocycles. The molecule has 0 fully saturated rings. The summed E-state index contributed by atoms with van der Waals surface area (Å²) in [5.74, 6) is 0.254. The molecule has 1 aliphatic carbocycles. The molecule has 24 heavy (non-hydrogen) atoms. The summed E-state index contributed by atoms with van der Waals surface area (Å²) in [6.07, 6.45) is 32.2. The van der Waals surface area contributed by atoms with E-state index in [4.69, 9.17) is 0 Å². The number of carbonyl (C=O) groups is 1. The lowest BCUT2D eigenvalue weighted by molar-refractivity contribution is -0.111. The number of allylic oxidation sites excluding steroid dienone is 10. The lowest BCUT2D eigenvalue weighted by atomic mass is 9.88. The summed E-state index contributed by atoms with van der Waals surface area (Å²) in [6, 6.07) is 0. The van der Waals surface area contributed by atoms with Crippen molar-refractivity contribution in [1.82, 2.24) is 0 Å². The first-order valence-corrected chi connectivity index (χ1v) is 9.48. The van der Waals surface area contributed by atoms with E-state index < -0.39 is 0 Å². The van der Waals surface area contributed by atoms with E-state index >= 15 is 0 Å². The van der Waals surface area contributed by atoms with Gasteiger partial charge in [0, 0.05) is 11.3 Å². The molecule has 0 saturated heterocycles. The SMILES string of the molecule is CCC(C=O)CCCC/C=C\C1(C)/C=C\C/C=C\C/C=C\C/C=C\1. The maximum Gasteiger partial charge on any atom is 0.123 e. The summed E-state index contributed by atoms with van der Waals surface area (Å²) in [6.45, 7) is 4.35. The number of hydrogen-bond donors (Lipinski definition) is 0. The van der Waals surface area contributed by atoms with Crippen LogP contribution >= 0.6 is 0 Å². The fourth-order valence-corrected chi connectivity index (χ4v) is 2.81. The number of carbonyl (C=O) groups excluding carboxylic acids is 1. The van der Waals surface area contributed by atoms with E-state index in [0.717, 1.165) is 57.7 Å². The van der Waals surface area contributed by atoms with E-state index in [1.807, 2.05) is 0 Å². The van der Waals surface area contributed by atoms with Gasteiger partial charge in [-0.25, -0.2) is 0 Å². The van der Waals surface area contributed by atoms with E-state index in [2.05, 4.69) is 74.6 Å². The highest BCUT2D eigenvalue weighted by molar-refractivity contribution is 5.53. The first kappa shape index (κ1) is 20.4. The number of unbranched alkanes of at least 4 members (excludes halogenated alkanes) is 2. The Labute approximate surface area is 148 Å². The van der Waals surface area contributed by atoms with Crippen LogP contribution in [0.25, 0.3) is 0 Å². The van der Waals surface area contributed by atoms with Crippen molar-refractivity contribution in [3.05, 3.63) is 60.8 Å². The van der Waals surface area contributed by atoms with Gasteiger partial charge >= 0.3 is 0 Å². The van der Waals surface area contributed by atoms with Crippen LogP contribution in [-0.2, 0) is 4.79 Å². The average molecular weight is 327 g/mol. The van der Waals surface area contributed by atoms with Gasteiger partial charge in [0.25, 0.3) is 0 Å². The molecule has 0 spiro atoms. The van der Waals surface area contributed by atoms with Crippen molar-refractivity contribution in [3.63, 3.8) is 0 Å². The quantitative estimate of drug-likeness (QED) is 0.274. The molecule has 1 aliphatic rings. The second-order valence-electron chi connectivity index (χ2n) is 6.81. The lowest BCUT2D eigenvalue weighted by Gasteiger charge is -2.17. The normalized spacial score (nSPS) is 24.4. The first-order chi connectivity index (χ1) is 11.7. The smallest absolute Gasteiger partial charge is 0.123 e. The van der Waals surface area contributed by atoms with Crippen LogP contribution in [0.2, 0.25) is 0 Å². The Kier molecular flexibility index (Phi) is 10.8. The Hall–Kier alpha value is -1.63. The monoisotopic (exact) mass is 326 g/mol. The zero-order valence-electron chi connectivity index (χ0n) is 15.5. The minimum absolute atomic E-state index is 0.00434. The summed E-state index contributed by atoms with van der Waals surface area (Å²) in [4.78, 5) is 10.8. The molecular formula is C23H34O. The summed E-state index contributed by atoms with van der Waals surface area (Å²) in [7, 11) is 0. The van der Waals surface area contributed by atoms with Crippen LogP contribution in [0.4, 0.5) is 0 Å². The molecule has 0 heterocycles. The minimum atomic E-state index is -0.00434. The van der Waals surface area contributed by atoms with Crippen molar-refractivity contribution in [1.29, 1.82) is 0 Å². The van der Waals surface area contributed by atoms with Gasteiger partial charge in [-0.3, -0.25) is 0 Å². The van der Waals surface area contributed by atoms with Crippen molar-refractivity contribution >= 4 is 6.29 Å². The largest absolute Gasteiger partial charge is 0.303 e.